The second kappa shape index (κ2) is 15.5. The predicted octanol–water partition coefficient (Wildman–Crippen LogP) is 13.2. The van der Waals surface area contributed by atoms with Crippen LogP contribution in [0.15, 0.2) is 198 Å². The summed E-state index contributed by atoms with van der Waals surface area (Å²) in [6, 6.07) is 70.1. The van der Waals surface area contributed by atoms with Crippen LogP contribution in [0.4, 0.5) is 17.1 Å². The van der Waals surface area contributed by atoms with E-state index >= 15 is 0 Å². The molecule has 2 heterocycles. The number of aryl methyl sites for hydroxylation is 1. The van der Waals surface area contributed by atoms with Crippen LogP contribution in [-0.2, 0) is 6.42 Å². The van der Waals surface area contributed by atoms with Crippen LogP contribution in [-0.4, -0.2) is 6.71 Å². The lowest BCUT2D eigenvalue weighted by Gasteiger charge is -2.42. The fourth-order valence-electron chi connectivity index (χ4n) is 9.06. The molecule has 0 saturated heterocycles. The van der Waals surface area contributed by atoms with Crippen molar-refractivity contribution in [1.29, 1.82) is 0 Å². The summed E-state index contributed by atoms with van der Waals surface area (Å²) in [5, 5.41) is 0. The van der Waals surface area contributed by atoms with Gasteiger partial charge in [-0.15, -0.1) is 0 Å². The minimum atomic E-state index is 0.0722. The molecule has 57 heavy (non-hydrogen) atoms. The van der Waals surface area contributed by atoms with E-state index in [0.717, 1.165) is 6.42 Å². The number of para-hydroxylation sites is 1. The van der Waals surface area contributed by atoms with Crippen molar-refractivity contribution in [3.05, 3.63) is 194 Å². The molecule has 0 N–H and O–H groups in total. The number of unbranched alkanes of at least 4 members (excludes halogenated alkanes) is 3. The third-order valence-electron chi connectivity index (χ3n) is 11.8. The highest BCUT2D eigenvalue weighted by Crippen LogP contribution is 2.49. The number of anilines is 3. The minimum absolute atomic E-state index is 0.0722. The number of hydrogen-bond donors (Lipinski definition) is 0. The van der Waals surface area contributed by atoms with Crippen LogP contribution in [0.25, 0.3) is 44.5 Å². The number of benzene rings is 8. The molecule has 0 saturated carbocycles. The Hall–Kier alpha value is -6.03. The van der Waals surface area contributed by atoms with Crippen molar-refractivity contribution >= 4 is 51.9 Å². The van der Waals surface area contributed by atoms with Crippen LogP contribution < -0.4 is 21.3 Å². The predicted molar refractivity (Wildman–Crippen MR) is 246 cm³/mol. The molecule has 8 aromatic rings. The molecule has 0 atom stereocenters. The molecule has 3 heteroatoms. The van der Waals surface area contributed by atoms with Crippen LogP contribution in [0.3, 0.4) is 0 Å². The normalized spacial score (nSPS) is 12.5. The molecule has 0 aromatic heterocycles. The van der Waals surface area contributed by atoms with Crippen LogP contribution in [0.2, 0.25) is 0 Å². The maximum absolute atomic E-state index is 2.65. The zero-order valence-corrected chi connectivity index (χ0v) is 33.2. The van der Waals surface area contributed by atoms with Gasteiger partial charge in [-0.3, -0.25) is 0 Å². The number of hydrogen-bond acceptors (Lipinski definition) is 2. The van der Waals surface area contributed by atoms with Gasteiger partial charge in [-0.25, -0.2) is 0 Å². The van der Waals surface area contributed by atoms with E-state index in [1.54, 1.807) is 0 Å². The lowest BCUT2D eigenvalue weighted by Crippen LogP contribution is -2.60. The molecular formula is C54H44BNS. The molecule has 274 valence electrons. The van der Waals surface area contributed by atoms with Crippen LogP contribution in [0.1, 0.15) is 38.2 Å². The summed E-state index contributed by atoms with van der Waals surface area (Å²) in [6.45, 7) is 2.37. The van der Waals surface area contributed by atoms with Gasteiger partial charge in [-0.05, 0) is 87.0 Å². The lowest BCUT2D eigenvalue weighted by atomic mass is 9.34. The summed E-state index contributed by atoms with van der Waals surface area (Å²) in [6.07, 6.45) is 6.05. The average Bonchev–Trinajstić information content (AvgIpc) is 3.28. The Morgan fingerprint density at radius 2 is 1.00 bits per heavy atom. The van der Waals surface area contributed by atoms with Gasteiger partial charge in [0.1, 0.15) is 0 Å². The first-order valence-electron chi connectivity index (χ1n) is 20.5. The quantitative estimate of drug-likeness (QED) is 0.101. The Morgan fingerprint density at radius 1 is 0.439 bits per heavy atom. The van der Waals surface area contributed by atoms with E-state index in [1.165, 1.54) is 119 Å². The standard InChI is InChI=1S/C54H44BNS/c1-2-3-4-9-19-38-34-50-53-52(35-38)57-51-33-31-44(40-22-12-6-13-23-40)37-48(51)55(53)47-36-43(39-20-10-5-11-21-39)30-32-49(47)56(50)54-45(41-24-14-7-15-25-41)28-18-29-46(54)42-26-16-8-17-27-42/h5-8,10-18,20-37H,2-4,9,19H2,1H3. The first kappa shape index (κ1) is 35.4. The summed E-state index contributed by atoms with van der Waals surface area (Å²) in [5.41, 5.74) is 19.2. The van der Waals surface area contributed by atoms with Crippen molar-refractivity contribution < 1.29 is 0 Å². The summed E-state index contributed by atoms with van der Waals surface area (Å²) in [4.78, 5) is 5.37. The Labute approximate surface area is 342 Å². The molecular weight excluding hydrogens is 705 g/mol. The molecule has 8 aromatic carbocycles. The van der Waals surface area contributed by atoms with Gasteiger partial charge in [-0.1, -0.05) is 207 Å². The Bertz CT molecular complexity index is 2630. The number of rotatable bonds is 10. The van der Waals surface area contributed by atoms with Gasteiger partial charge in [0.25, 0.3) is 0 Å². The third kappa shape index (κ3) is 6.60. The Kier molecular flexibility index (Phi) is 9.62. The zero-order valence-electron chi connectivity index (χ0n) is 32.4. The van der Waals surface area contributed by atoms with E-state index < -0.39 is 0 Å². The minimum Gasteiger partial charge on any atom is -0.310 e. The third-order valence-corrected chi connectivity index (χ3v) is 12.9. The van der Waals surface area contributed by atoms with Crippen LogP contribution in [0, 0.1) is 0 Å². The number of nitrogens with zero attached hydrogens (tertiary/aromatic N) is 1. The molecule has 0 aliphatic carbocycles. The Balaban J connectivity index is 1.28. The first-order chi connectivity index (χ1) is 28.2. The average molecular weight is 750 g/mol. The summed E-state index contributed by atoms with van der Waals surface area (Å²) in [7, 11) is 0. The van der Waals surface area contributed by atoms with Crippen molar-refractivity contribution in [3.8, 4) is 44.5 Å². The highest BCUT2D eigenvalue weighted by Gasteiger charge is 2.42. The Morgan fingerprint density at radius 3 is 1.60 bits per heavy atom. The molecule has 0 spiro atoms. The van der Waals surface area contributed by atoms with E-state index in [-0.39, 0.29) is 6.71 Å². The van der Waals surface area contributed by atoms with Crippen molar-refractivity contribution in [2.24, 2.45) is 0 Å². The van der Waals surface area contributed by atoms with Gasteiger partial charge < -0.3 is 4.90 Å². The molecule has 0 bridgehead atoms. The first-order valence-corrected chi connectivity index (χ1v) is 21.3. The SMILES string of the molecule is CCCCCCc1cc2c3c(c1)N(c1c(-c4ccccc4)cccc1-c1ccccc1)c1ccc(-c4ccccc4)cc1B3c1cc(-c3ccccc3)ccc1S2. The molecule has 10 rings (SSSR count). The number of fused-ring (bicyclic) bond motifs is 4. The fourth-order valence-corrected chi connectivity index (χ4v) is 10.3. The monoisotopic (exact) mass is 749 g/mol. The highest BCUT2D eigenvalue weighted by molar-refractivity contribution is 8.00. The van der Waals surface area contributed by atoms with Gasteiger partial charge >= 0.3 is 0 Å². The van der Waals surface area contributed by atoms with Gasteiger partial charge in [0, 0.05) is 32.3 Å². The molecule has 2 aliphatic heterocycles. The van der Waals surface area contributed by atoms with Crippen molar-refractivity contribution in [3.63, 3.8) is 0 Å². The van der Waals surface area contributed by atoms with E-state index in [0.29, 0.717) is 0 Å². The van der Waals surface area contributed by atoms with Gasteiger partial charge in [0.15, 0.2) is 0 Å². The van der Waals surface area contributed by atoms with E-state index in [2.05, 4.69) is 200 Å². The summed E-state index contributed by atoms with van der Waals surface area (Å²) >= 11 is 1.96. The lowest BCUT2D eigenvalue weighted by molar-refractivity contribution is 0.666. The topological polar surface area (TPSA) is 3.24 Å². The maximum atomic E-state index is 2.65. The molecule has 2 aliphatic rings. The summed E-state index contributed by atoms with van der Waals surface area (Å²) in [5.74, 6) is 0. The van der Waals surface area contributed by atoms with Gasteiger partial charge in [-0.2, -0.15) is 0 Å². The van der Waals surface area contributed by atoms with E-state index in [4.69, 9.17) is 0 Å². The molecule has 1 nitrogen and oxygen atoms in total. The molecule has 0 unspecified atom stereocenters. The van der Waals surface area contributed by atoms with Crippen LogP contribution >= 0.6 is 11.8 Å². The molecule has 0 radical (unpaired) electrons. The smallest absolute Gasteiger partial charge is 0.249 e. The van der Waals surface area contributed by atoms with Crippen molar-refractivity contribution in [2.75, 3.05) is 4.90 Å². The zero-order chi connectivity index (χ0) is 38.1. The highest BCUT2D eigenvalue weighted by atomic mass is 32.2. The maximum Gasteiger partial charge on any atom is 0.249 e. The summed E-state index contributed by atoms with van der Waals surface area (Å²) < 4.78 is 0. The van der Waals surface area contributed by atoms with Crippen molar-refractivity contribution in [2.45, 2.75) is 48.8 Å². The van der Waals surface area contributed by atoms with Crippen LogP contribution in [0.5, 0.6) is 0 Å². The van der Waals surface area contributed by atoms with Gasteiger partial charge in [0.2, 0.25) is 6.71 Å². The van der Waals surface area contributed by atoms with Gasteiger partial charge in [0.05, 0.1) is 5.69 Å². The largest absolute Gasteiger partial charge is 0.310 e. The fraction of sp³-hybridized carbons (Fsp3) is 0.111. The van der Waals surface area contributed by atoms with Crippen molar-refractivity contribution in [1.82, 2.24) is 0 Å². The second-order valence-electron chi connectivity index (χ2n) is 15.4. The molecule has 0 amide bonds. The molecule has 0 fully saturated rings. The second-order valence-corrected chi connectivity index (χ2v) is 16.5. The van der Waals surface area contributed by atoms with E-state index in [9.17, 15) is 0 Å². The van der Waals surface area contributed by atoms with E-state index in [1.807, 2.05) is 11.8 Å².